The van der Waals surface area contributed by atoms with Gasteiger partial charge in [-0.3, -0.25) is 19.6 Å². The fourth-order valence-electron chi connectivity index (χ4n) is 6.77. The van der Waals surface area contributed by atoms with Gasteiger partial charge in [-0.2, -0.15) is 8.42 Å². The number of nitrogens with one attached hydrogen (secondary N) is 1. The number of anilines is 1. The summed E-state index contributed by atoms with van der Waals surface area (Å²) < 4.78 is 58.1. The fraction of sp³-hybridized carbons (Fsp3) is 0.250. The molecule has 1 unspecified atom stereocenters. The lowest BCUT2D eigenvalue weighted by molar-refractivity contribution is -0.385. The molecule has 2 aliphatic heterocycles. The first kappa shape index (κ1) is 50.5. The molecule has 1 amide bonds. The smallest absolute Gasteiger partial charge is 0.412 e. The first-order valence-electron chi connectivity index (χ1n) is 21.8. The second kappa shape index (κ2) is 23.3. The quantitative estimate of drug-likeness (QED) is 0.0341. The predicted octanol–water partition coefficient (Wildman–Crippen LogP) is 12.4. The van der Waals surface area contributed by atoms with E-state index in [1.807, 2.05) is 99.6 Å². The molecule has 2 atom stereocenters. The van der Waals surface area contributed by atoms with Gasteiger partial charge < -0.3 is 23.7 Å². The van der Waals surface area contributed by atoms with Crippen LogP contribution in [0.25, 0.3) is 21.5 Å². The molecule has 2 heterocycles. The number of nitro benzene ring substituents is 1. The zero-order valence-corrected chi connectivity index (χ0v) is 42.7. The van der Waals surface area contributed by atoms with Crippen LogP contribution in [0.3, 0.4) is 0 Å². The normalized spacial score (nSPS) is 15.0. The minimum Gasteiger partial charge on any atom is -0.488 e. The van der Waals surface area contributed by atoms with Crippen molar-refractivity contribution in [1.82, 2.24) is 0 Å². The van der Waals surface area contributed by atoms with E-state index in [0.717, 1.165) is 56.9 Å². The van der Waals surface area contributed by atoms with Gasteiger partial charge in [0.05, 0.1) is 36.5 Å². The topological polar surface area (TPSA) is 168 Å². The summed E-state index contributed by atoms with van der Waals surface area (Å²) in [5.74, 6) is 1.70. The standard InChI is InChI=1S/C22H22INO3.C21H19IO2.C9H9NO6S/c1-22(2,3)27-21(25)24-18-13-19(26-14-15-9-5-4-6-10-15)16-11-7-8-12-17(16)20(18)23;22-21-16(10-11-17-14-23-17)12-20(18-8-4-5-9-19(18)21)24-13-15-6-2-1-3-7-15;11-10(12)7-2-1-3-9(4-7)17(13,14)16-6-8-5-15-8/h4-13H,14H2,1-3H3,(H,24,25);1-9,12,17H,10-11,13-14H2;1-4,8H,5-6H2/t;17-;/m.1./s1. The van der Waals surface area contributed by atoms with Crippen molar-refractivity contribution in [2.24, 2.45) is 0 Å². The van der Waals surface area contributed by atoms with Crippen molar-refractivity contribution < 1.29 is 46.0 Å². The van der Waals surface area contributed by atoms with Crippen molar-refractivity contribution >= 4 is 94.3 Å². The van der Waals surface area contributed by atoms with E-state index in [4.69, 9.17) is 27.9 Å². The molecule has 2 fully saturated rings. The Morgan fingerprint density at radius 2 is 1.22 bits per heavy atom. The highest BCUT2D eigenvalue weighted by molar-refractivity contribution is 14.1. The summed E-state index contributed by atoms with van der Waals surface area (Å²) in [6.07, 6.45) is 1.91. The maximum atomic E-state index is 12.2. The number of benzene rings is 7. The van der Waals surface area contributed by atoms with E-state index in [-0.39, 0.29) is 23.3 Å². The van der Waals surface area contributed by atoms with Crippen LogP contribution >= 0.6 is 45.2 Å². The molecule has 0 aliphatic carbocycles. The number of non-ortho nitro benzene ring substituents is 1. The van der Waals surface area contributed by atoms with Crippen LogP contribution in [0.4, 0.5) is 16.2 Å². The minimum atomic E-state index is -3.96. The van der Waals surface area contributed by atoms with Gasteiger partial charge in [0, 0.05) is 41.5 Å². The molecule has 0 spiro atoms. The Kier molecular flexibility index (Phi) is 17.3. The number of hydrogen-bond acceptors (Lipinski definition) is 11. The summed E-state index contributed by atoms with van der Waals surface area (Å²) in [7, 11) is -3.96. The third-order valence-corrected chi connectivity index (χ3v) is 14.0. The molecule has 16 heteroatoms. The molecule has 68 heavy (non-hydrogen) atoms. The molecular weight excluding hydrogens is 1110 g/mol. The van der Waals surface area contributed by atoms with Crippen molar-refractivity contribution in [3.8, 4) is 11.5 Å². The molecule has 1 N–H and O–H groups in total. The van der Waals surface area contributed by atoms with E-state index < -0.39 is 26.7 Å². The number of fused-ring (bicyclic) bond motifs is 2. The van der Waals surface area contributed by atoms with E-state index in [2.05, 4.69) is 93.0 Å². The van der Waals surface area contributed by atoms with Gasteiger partial charge in [-0.05, 0) is 113 Å². The van der Waals surface area contributed by atoms with Gasteiger partial charge in [-0.15, -0.1) is 0 Å². The lowest BCUT2D eigenvalue weighted by Gasteiger charge is -2.21. The highest BCUT2D eigenvalue weighted by Crippen LogP contribution is 2.37. The maximum Gasteiger partial charge on any atom is 0.412 e. The number of carbonyl (C=O) groups is 1. The van der Waals surface area contributed by atoms with Crippen molar-refractivity contribution in [3.05, 3.63) is 180 Å². The third-order valence-electron chi connectivity index (χ3n) is 10.3. The number of carbonyl (C=O) groups excluding carboxylic acids is 1. The van der Waals surface area contributed by atoms with Crippen LogP contribution in [0.2, 0.25) is 0 Å². The molecule has 7 aromatic rings. The SMILES string of the molecule is CC(C)(C)OC(=O)Nc1cc(OCc2ccccc2)c2ccccc2c1I.Ic1c(CC[C@@H]2CO2)cc(OCc2ccccc2)c2ccccc12.O=[N+]([O-])c1cccc(S(=O)(=O)OCC2CO2)c1. The molecule has 0 bridgehead atoms. The van der Waals surface area contributed by atoms with Crippen molar-refractivity contribution in [2.75, 3.05) is 25.1 Å². The zero-order chi connectivity index (χ0) is 48.3. The predicted molar refractivity (Wildman–Crippen MR) is 279 cm³/mol. The Hall–Kier alpha value is -5.38. The van der Waals surface area contributed by atoms with E-state index >= 15 is 0 Å². The molecule has 7 aromatic carbocycles. The first-order chi connectivity index (χ1) is 32.6. The third kappa shape index (κ3) is 14.8. The average molecular weight is 1160 g/mol. The minimum absolute atomic E-state index is 0.0645. The summed E-state index contributed by atoms with van der Waals surface area (Å²) in [6, 6.07) is 45.6. The lowest BCUT2D eigenvalue weighted by atomic mass is 10.0. The number of epoxide rings is 2. The van der Waals surface area contributed by atoms with Crippen LogP contribution in [-0.4, -0.2) is 57.1 Å². The molecule has 13 nitrogen and oxygen atoms in total. The van der Waals surface area contributed by atoms with Crippen LogP contribution in [0.15, 0.2) is 150 Å². The van der Waals surface area contributed by atoms with Gasteiger partial charge in [0.25, 0.3) is 15.8 Å². The number of rotatable bonds is 15. The van der Waals surface area contributed by atoms with Gasteiger partial charge in [-0.25, -0.2) is 4.79 Å². The molecule has 354 valence electrons. The monoisotopic (exact) mass is 1160 g/mol. The summed E-state index contributed by atoms with van der Waals surface area (Å²) in [5, 5.41) is 17.8. The maximum absolute atomic E-state index is 12.2. The summed E-state index contributed by atoms with van der Waals surface area (Å²) in [6.45, 7) is 7.90. The molecule has 9 rings (SSSR count). The fourth-order valence-corrected chi connectivity index (χ4v) is 9.40. The van der Waals surface area contributed by atoms with Gasteiger partial charge >= 0.3 is 6.09 Å². The van der Waals surface area contributed by atoms with Crippen LogP contribution in [0.1, 0.15) is 43.9 Å². The van der Waals surface area contributed by atoms with Gasteiger partial charge in [0.1, 0.15) is 41.3 Å². The van der Waals surface area contributed by atoms with Crippen LogP contribution < -0.4 is 14.8 Å². The van der Waals surface area contributed by atoms with Crippen LogP contribution in [-0.2, 0) is 48.1 Å². The van der Waals surface area contributed by atoms with Crippen LogP contribution in [0.5, 0.6) is 11.5 Å². The number of ether oxygens (including phenoxy) is 5. The van der Waals surface area contributed by atoms with Crippen molar-refractivity contribution in [3.63, 3.8) is 0 Å². The number of amides is 1. The molecule has 0 aromatic heterocycles. The molecule has 0 saturated carbocycles. The average Bonchev–Trinajstić information content (AvgIpc) is 4.29. The lowest BCUT2D eigenvalue weighted by Crippen LogP contribution is -2.27. The number of hydrogen-bond donors (Lipinski definition) is 1. The highest BCUT2D eigenvalue weighted by Gasteiger charge is 2.28. The Bertz CT molecular complexity index is 2960. The van der Waals surface area contributed by atoms with Crippen molar-refractivity contribution in [2.45, 2.75) is 69.5 Å². The van der Waals surface area contributed by atoms with E-state index in [0.29, 0.717) is 31.6 Å². The number of nitro groups is 1. The molecular formula is C52H50I2N2O11S. The summed E-state index contributed by atoms with van der Waals surface area (Å²) in [5.41, 5.74) is 3.45. The van der Waals surface area contributed by atoms with Gasteiger partial charge in [-0.1, -0.05) is 115 Å². The van der Waals surface area contributed by atoms with Gasteiger partial charge in [0.2, 0.25) is 0 Å². The van der Waals surface area contributed by atoms with Gasteiger partial charge in [0.15, 0.2) is 0 Å². The van der Waals surface area contributed by atoms with E-state index in [9.17, 15) is 23.3 Å². The van der Waals surface area contributed by atoms with E-state index in [1.165, 1.54) is 43.7 Å². The Morgan fingerprint density at radius 1 is 0.706 bits per heavy atom. The Morgan fingerprint density at radius 3 is 1.75 bits per heavy atom. The summed E-state index contributed by atoms with van der Waals surface area (Å²) in [4.78, 5) is 21.8. The Labute approximate surface area is 423 Å². The first-order valence-corrected chi connectivity index (χ1v) is 25.3. The van der Waals surface area contributed by atoms with Crippen LogP contribution in [0, 0.1) is 17.3 Å². The van der Waals surface area contributed by atoms with Crippen molar-refractivity contribution in [1.29, 1.82) is 0 Å². The Balaban J connectivity index is 0.000000155. The number of aryl methyl sites for hydroxylation is 1. The highest BCUT2D eigenvalue weighted by atomic mass is 127. The molecule has 0 radical (unpaired) electrons. The van der Waals surface area contributed by atoms with E-state index in [1.54, 1.807) is 0 Å². The molecule has 2 saturated heterocycles. The zero-order valence-electron chi connectivity index (χ0n) is 37.6. The second-order valence-electron chi connectivity index (χ2n) is 16.8. The summed E-state index contributed by atoms with van der Waals surface area (Å²) >= 11 is 4.71. The second-order valence-corrected chi connectivity index (χ2v) is 20.6. The number of halogens is 2. The number of nitrogens with zero attached hydrogens (tertiary/aromatic N) is 1. The largest absolute Gasteiger partial charge is 0.488 e. The molecule has 2 aliphatic rings.